The minimum Gasteiger partial charge on any atom is -0.478 e. The first kappa shape index (κ1) is 14.4. The molecule has 2 aromatic rings. The van der Waals surface area contributed by atoms with Crippen molar-refractivity contribution in [1.82, 2.24) is 0 Å². The summed E-state index contributed by atoms with van der Waals surface area (Å²) in [6, 6.07) is 5.88. The van der Waals surface area contributed by atoms with Crippen LogP contribution in [-0.2, 0) is 0 Å². The smallest absolute Gasteiger partial charge is 0.338 e. The molecule has 0 fully saturated rings. The van der Waals surface area contributed by atoms with E-state index in [0.29, 0.717) is 0 Å². The Kier molecular flexibility index (Phi) is 3.79. The van der Waals surface area contributed by atoms with Gasteiger partial charge in [-0.2, -0.15) is 0 Å². The molecule has 0 saturated heterocycles. The third-order valence-corrected chi connectivity index (χ3v) is 2.63. The molecule has 0 amide bonds. The summed E-state index contributed by atoms with van der Waals surface area (Å²) in [6.07, 6.45) is 0. The summed E-state index contributed by atoms with van der Waals surface area (Å²) >= 11 is 0. The van der Waals surface area contributed by atoms with Crippen molar-refractivity contribution in [3.63, 3.8) is 0 Å². The molecule has 0 aliphatic rings. The molecular weight excluding hydrogens is 286 g/mol. The van der Waals surface area contributed by atoms with Gasteiger partial charge in [-0.05, 0) is 24.3 Å². The van der Waals surface area contributed by atoms with Gasteiger partial charge in [0.2, 0.25) is 0 Å². The molecule has 0 aliphatic carbocycles. The SMILES string of the molecule is O=C(O)c1ccc(Nc2cc(F)ccc2[N+](=O)[O-])cc1F. The summed E-state index contributed by atoms with van der Waals surface area (Å²) in [6.45, 7) is 0. The number of nitro benzene ring substituents is 1. The summed E-state index contributed by atoms with van der Waals surface area (Å²) < 4.78 is 26.7. The van der Waals surface area contributed by atoms with Crippen molar-refractivity contribution >= 4 is 23.0 Å². The third-order valence-electron chi connectivity index (χ3n) is 2.63. The van der Waals surface area contributed by atoms with E-state index in [2.05, 4.69) is 5.32 Å². The number of nitrogens with zero attached hydrogens (tertiary/aromatic N) is 1. The van der Waals surface area contributed by atoms with E-state index in [9.17, 15) is 23.7 Å². The van der Waals surface area contributed by atoms with Crippen LogP contribution in [0.2, 0.25) is 0 Å². The summed E-state index contributed by atoms with van der Waals surface area (Å²) in [7, 11) is 0. The minimum atomic E-state index is -1.43. The zero-order valence-electron chi connectivity index (χ0n) is 10.3. The molecule has 0 aromatic heterocycles. The van der Waals surface area contributed by atoms with Crippen LogP contribution in [0.1, 0.15) is 10.4 Å². The molecule has 0 spiro atoms. The van der Waals surface area contributed by atoms with Crippen LogP contribution in [0.15, 0.2) is 36.4 Å². The number of carbonyl (C=O) groups is 1. The Hall–Kier alpha value is -3.03. The highest BCUT2D eigenvalue weighted by Gasteiger charge is 2.16. The number of anilines is 2. The van der Waals surface area contributed by atoms with Crippen LogP contribution in [0.25, 0.3) is 0 Å². The first-order valence-electron chi connectivity index (χ1n) is 5.62. The molecule has 2 aromatic carbocycles. The number of rotatable bonds is 4. The Morgan fingerprint density at radius 2 is 1.90 bits per heavy atom. The Labute approximate surface area is 116 Å². The highest BCUT2D eigenvalue weighted by atomic mass is 19.1. The molecule has 21 heavy (non-hydrogen) atoms. The second-order valence-electron chi connectivity index (χ2n) is 4.04. The van der Waals surface area contributed by atoms with E-state index in [1.165, 1.54) is 6.07 Å². The van der Waals surface area contributed by atoms with Gasteiger partial charge in [0.05, 0.1) is 10.5 Å². The zero-order chi connectivity index (χ0) is 15.6. The van der Waals surface area contributed by atoms with Crippen LogP contribution < -0.4 is 5.32 Å². The van der Waals surface area contributed by atoms with E-state index in [1.54, 1.807) is 0 Å². The van der Waals surface area contributed by atoms with Crippen molar-refractivity contribution in [3.05, 3.63) is 63.7 Å². The molecule has 108 valence electrons. The average Bonchev–Trinajstić information content (AvgIpc) is 2.37. The van der Waals surface area contributed by atoms with Gasteiger partial charge in [0, 0.05) is 17.8 Å². The van der Waals surface area contributed by atoms with E-state index in [-0.39, 0.29) is 17.1 Å². The normalized spacial score (nSPS) is 10.2. The second kappa shape index (κ2) is 5.53. The lowest BCUT2D eigenvalue weighted by Crippen LogP contribution is -2.02. The molecule has 0 aliphatic heterocycles. The van der Waals surface area contributed by atoms with E-state index < -0.39 is 28.1 Å². The summed E-state index contributed by atoms with van der Waals surface area (Å²) in [5.74, 6) is -3.15. The predicted octanol–water partition coefficient (Wildman–Crippen LogP) is 3.31. The van der Waals surface area contributed by atoms with E-state index >= 15 is 0 Å². The topological polar surface area (TPSA) is 92.5 Å². The number of halogens is 2. The van der Waals surface area contributed by atoms with Gasteiger partial charge in [-0.3, -0.25) is 10.1 Å². The van der Waals surface area contributed by atoms with Crippen LogP contribution in [0, 0.1) is 21.7 Å². The van der Waals surface area contributed by atoms with E-state index in [4.69, 9.17) is 5.11 Å². The number of carboxylic acids is 1. The number of aromatic carboxylic acids is 1. The maximum Gasteiger partial charge on any atom is 0.338 e. The van der Waals surface area contributed by atoms with Crippen molar-refractivity contribution < 1.29 is 23.6 Å². The number of nitrogens with one attached hydrogen (secondary N) is 1. The van der Waals surface area contributed by atoms with Gasteiger partial charge in [-0.1, -0.05) is 0 Å². The molecule has 0 atom stereocenters. The molecule has 0 heterocycles. The van der Waals surface area contributed by atoms with Gasteiger partial charge in [0.15, 0.2) is 0 Å². The number of carboxylic acid groups (broad SMARTS) is 1. The third kappa shape index (κ3) is 3.11. The number of benzene rings is 2. The van der Waals surface area contributed by atoms with Gasteiger partial charge in [-0.25, -0.2) is 13.6 Å². The summed E-state index contributed by atoms with van der Waals surface area (Å²) in [4.78, 5) is 20.8. The lowest BCUT2D eigenvalue weighted by Gasteiger charge is -2.08. The van der Waals surface area contributed by atoms with E-state index in [0.717, 1.165) is 30.3 Å². The maximum atomic E-state index is 13.5. The highest BCUT2D eigenvalue weighted by molar-refractivity contribution is 5.88. The van der Waals surface area contributed by atoms with Crippen LogP contribution in [0.4, 0.5) is 25.8 Å². The molecule has 6 nitrogen and oxygen atoms in total. The first-order chi connectivity index (χ1) is 9.88. The van der Waals surface area contributed by atoms with Crippen molar-refractivity contribution in [2.24, 2.45) is 0 Å². The number of nitro groups is 1. The molecule has 0 bridgehead atoms. The maximum absolute atomic E-state index is 13.5. The fraction of sp³-hybridized carbons (Fsp3) is 0. The molecule has 0 saturated carbocycles. The Morgan fingerprint density at radius 3 is 2.48 bits per heavy atom. The van der Waals surface area contributed by atoms with Gasteiger partial charge in [-0.15, -0.1) is 0 Å². The number of hydrogen-bond donors (Lipinski definition) is 2. The Morgan fingerprint density at radius 1 is 1.19 bits per heavy atom. The quantitative estimate of drug-likeness (QED) is 0.666. The zero-order valence-corrected chi connectivity index (χ0v) is 10.3. The average molecular weight is 294 g/mol. The predicted molar refractivity (Wildman–Crippen MR) is 69.7 cm³/mol. The summed E-state index contributed by atoms with van der Waals surface area (Å²) in [5.41, 5.74) is -1.03. The Bertz CT molecular complexity index is 734. The first-order valence-corrected chi connectivity index (χ1v) is 5.62. The lowest BCUT2D eigenvalue weighted by atomic mass is 10.2. The van der Waals surface area contributed by atoms with Crippen molar-refractivity contribution in [1.29, 1.82) is 0 Å². The monoisotopic (exact) mass is 294 g/mol. The fourth-order valence-electron chi connectivity index (χ4n) is 1.69. The minimum absolute atomic E-state index is 0.0613. The van der Waals surface area contributed by atoms with Crippen LogP contribution in [-0.4, -0.2) is 16.0 Å². The molecular formula is C13H8F2N2O4. The molecule has 0 radical (unpaired) electrons. The van der Waals surface area contributed by atoms with Gasteiger partial charge >= 0.3 is 5.97 Å². The molecule has 0 unspecified atom stereocenters. The highest BCUT2D eigenvalue weighted by Crippen LogP contribution is 2.28. The number of hydrogen-bond acceptors (Lipinski definition) is 4. The summed E-state index contributed by atoms with van der Waals surface area (Å²) in [5, 5.41) is 22.0. The standard InChI is InChI=1S/C13H8F2N2O4/c14-7-1-4-12(17(20)21)11(5-7)16-8-2-3-9(13(18)19)10(15)6-8/h1-6,16H,(H,18,19). The van der Waals surface area contributed by atoms with Gasteiger partial charge < -0.3 is 10.4 Å². The van der Waals surface area contributed by atoms with E-state index in [1.807, 2.05) is 0 Å². The van der Waals surface area contributed by atoms with Gasteiger partial charge in [0.1, 0.15) is 17.3 Å². The molecule has 2 rings (SSSR count). The lowest BCUT2D eigenvalue weighted by molar-refractivity contribution is -0.384. The van der Waals surface area contributed by atoms with Crippen molar-refractivity contribution in [2.45, 2.75) is 0 Å². The molecule has 8 heteroatoms. The van der Waals surface area contributed by atoms with Crippen molar-refractivity contribution in [2.75, 3.05) is 5.32 Å². The Balaban J connectivity index is 2.38. The molecule has 2 N–H and O–H groups in total. The van der Waals surface area contributed by atoms with Crippen molar-refractivity contribution in [3.8, 4) is 0 Å². The fourth-order valence-corrected chi connectivity index (χ4v) is 1.69. The van der Waals surface area contributed by atoms with Crippen LogP contribution in [0.5, 0.6) is 0 Å². The largest absolute Gasteiger partial charge is 0.478 e. The second-order valence-corrected chi connectivity index (χ2v) is 4.04. The van der Waals surface area contributed by atoms with Crippen LogP contribution >= 0.6 is 0 Å². The van der Waals surface area contributed by atoms with Gasteiger partial charge in [0.25, 0.3) is 5.69 Å². The van der Waals surface area contributed by atoms with Crippen LogP contribution in [0.3, 0.4) is 0 Å².